The molecule has 18 heavy (non-hydrogen) atoms. The van der Waals surface area contributed by atoms with Crippen molar-refractivity contribution >= 4 is 0 Å². The van der Waals surface area contributed by atoms with Crippen molar-refractivity contribution in [1.29, 1.82) is 0 Å². The van der Waals surface area contributed by atoms with Crippen molar-refractivity contribution in [3.8, 4) is 0 Å². The van der Waals surface area contributed by atoms with E-state index in [-0.39, 0.29) is 5.54 Å². The van der Waals surface area contributed by atoms with E-state index >= 15 is 0 Å². The van der Waals surface area contributed by atoms with Crippen LogP contribution >= 0.6 is 0 Å². The third-order valence-electron chi connectivity index (χ3n) is 4.85. The minimum Gasteiger partial charge on any atom is -0.377 e. The molecule has 3 unspecified atom stereocenters. The molecule has 106 valence electrons. The zero-order valence-corrected chi connectivity index (χ0v) is 12.2. The van der Waals surface area contributed by atoms with Crippen molar-refractivity contribution in [1.82, 2.24) is 9.80 Å². The smallest absolute Gasteiger partial charge is 0.0703 e. The van der Waals surface area contributed by atoms with E-state index in [1.165, 1.54) is 19.3 Å². The van der Waals surface area contributed by atoms with Crippen LogP contribution in [0.3, 0.4) is 0 Å². The molecule has 2 heterocycles. The van der Waals surface area contributed by atoms with Crippen LogP contribution in [0.15, 0.2) is 0 Å². The topological polar surface area (TPSA) is 41.7 Å². The van der Waals surface area contributed by atoms with E-state index in [4.69, 9.17) is 10.5 Å². The molecule has 0 aromatic carbocycles. The van der Waals surface area contributed by atoms with Crippen molar-refractivity contribution in [3.05, 3.63) is 0 Å². The summed E-state index contributed by atoms with van der Waals surface area (Å²) in [5.74, 6) is 0. The van der Waals surface area contributed by atoms with Gasteiger partial charge in [-0.2, -0.15) is 0 Å². The van der Waals surface area contributed by atoms with Crippen molar-refractivity contribution in [3.63, 3.8) is 0 Å². The maximum atomic E-state index is 6.13. The van der Waals surface area contributed by atoms with E-state index in [0.717, 1.165) is 32.8 Å². The van der Waals surface area contributed by atoms with Gasteiger partial charge in [-0.3, -0.25) is 4.90 Å². The first-order valence-electron chi connectivity index (χ1n) is 7.38. The second-order valence-electron chi connectivity index (χ2n) is 6.07. The molecule has 0 bridgehead atoms. The van der Waals surface area contributed by atoms with Gasteiger partial charge < -0.3 is 15.4 Å². The van der Waals surface area contributed by atoms with Gasteiger partial charge in [0.05, 0.1) is 6.10 Å². The van der Waals surface area contributed by atoms with Gasteiger partial charge in [0.15, 0.2) is 0 Å². The molecule has 2 saturated heterocycles. The van der Waals surface area contributed by atoms with Crippen LogP contribution in [-0.4, -0.2) is 67.3 Å². The fourth-order valence-corrected chi connectivity index (χ4v) is 3.59. The Morgan fingerprint density at radius 3 is 2.72 bits per heavy atom. The lowest BCUT2D eigenvalue weighted by molar-refractivity contribution is 0.0279. The summed E-state index contributed by atoms with van der Waals surface area (Å²) in [6.07, 6.45) is 4.03. The largest absolute Gasteiger partial charge is 0.377 e. The normalized spacial score (nSPS) is 37.8. The van der Waals surface area contributed by atoms with Gasteiger partial charge in [-0.15, -0.1) is 0 Å². The van der Waals surface area contributed by atoms with Gasteiger partial charge in [0.2, 0.25) is 0 Å². The molecule has 2 rings (SSSR count). The molecule has 2 aliphatic heterocycles. The van der Waals surface area contributed by atoms with Crippen LogP contribution < -0.4 is 5.73 Å². The quantitative estimate of drug-likeness (QED) is 0.793. The van der Waals surface area contributed by atoms with Crippen LogP contribution in [0.2, 0.25) is 0 Å². The van der Waals surface area contributed by atoms with Crippen LogP contribution in [0.25, 0.3) is 0 Å². The fourth-order valence-electron chi connectivity index (χ4n) is 3.59. The van der Waals surface area contributed by atoms with Crippen molar-refractivity contribution in [2.24, 2.45) is 5.73 Å². The molecule has 4 heteroatoms. The first-order chi connectivity index (χ1) is 8.61. The minimum absolute atomic E-state index is 0.162. The second kappa shape index (κ2) is 5.87. The third kappa shape index (κ3) is 2.72. The van der Waals surface area contributed by atoms with Gasteiger partial charge in [0, 0.05) is 37.8 Å². The number of hydrogen-bond donors (Lipinski definition) is 1. The SMILES string of the molecule is CCN(CC1CCCO1)C1(CN)CC(C)N(C)C1. The Hall–Kier alpha value is -0.160. The van der Waals surface area contributed by atoms with Crippen LogP contribution in [0.5, 0.6) is 0 Å². The Bertz CT molecular complexity index is 256. The summed E-state index contributed by atoms with van der Waals surface area (Å²) < 4.78 is 5.79. The number of ether oxygens (including phenoxy) is 1. The van der Waals surface area contributed by atoms with Gasteiger partial charge in [-0.05, 0) is 39.8 Å². The van der Waals surface area contributed by atoms with E-state index < -0.39 is 0 Å². The zero-order chi connectivity index (χ0) is 13.2. The highest BCUT2D eigenvalue weighted by molar-refractivity contribution is 5.02. The number of hydrogen-bond acceptors (Lipinski definition) is 4. The monoisotopic (exact) mass is 255 g/mol. The molecular formula is C14H29N3O. The molecule has 0 saturated carbocycles. The Morgan fingerprint density at radius 1 is 1.50 bits per heavy atom. The maximum absolute atomic E-state index is 6.13. The van der Waals surface area contributed by atoms with Gasteiger partial charge in [0.1, 0.15) is 0 Å². The van der Waals surface area contributed by atoms with E-state index in [1.54, 1.807) is 0 Å². The minimum atomic E-state index is 0.162. The lowest BCUT2D eigenvalue weighted by Gasteiger charge is -2.41. The predicted octanol–water partition coefficient (Wildman–Crippen LogP) is 0.909. The van der Waals surface area contributed by atoms with Gasteiger partial charge in [-0.1, -0.05) is 6.92 Å². The number of likely N-dealkylation sites (tertiary alicyclic amines) is 1. The van der Waals surface area contributed by atoms with Crippen molar-refractivity contribution in [2.45, 2.75) is 50.8 Å². The van der Waals surface area contributed by atoms with E-state index in [9.17, 15) is 0 Å². The summed E-state index contributed by atoms with van der Waals surface area (Å²) >= 11 is 0. The average molecular weight is 255 g/mol. The molecule has 0 spiro atoms. The summed E-state index contributed by atoms with van der Waals surface area (Å²) in [5.41, 5.74) is 6.30. The Kier molecular flexibility index (Phi) is 4.64. The second-order valence-corrected chi connectivity index (χ2v) is 6.07. The van der Waals surface area contributed by atoms with E-state index in [2.05, 4.69) is 30.7 Å². The highest BCUT2D eigenvalue weighted by Crippen LogP contribution is 2.31. The molecule has 0 amide bonds. The summed E-state index contributed by atoms with van der Waals surface area (Å²) in [6.45, 7) is 9.44. The summed E-state index contributed by atoms with van der Waals surface area (Å²) in [4.78, 5) is 5.01. The molecule has 2 N–H and O–H groups in total. The highest BCUT2D eigenvalue weighted by atomic mass is 16.5. The fraction of sp³-hybridized carbons (Fsp3) is 1.00. The molecule has 0 aromatic heterocycles. The molecule has 0 aliphatic carbocycles. The summed E-state index contributed by atoms with van der Waals surface area (Å²) in [5, 5.41) is 0. The summed E-state index contributed by atoms with van der Waals surface area (Å²) in [7, 11) is 2.21. The first kappa shape index (κ1) is 14.3. The molecular weight excluding hydrogens is 226 g/mol. The number of nitrogens with two attached hydrogens (primary N) is 1. The van der Waals surface area contributed by atoms with E-state index in [1.807, 2.05) is 0 Å². The molecule has 3 atom stereocenters. The van der Waals surface area contributed by atoms with Crippen LogP contribution in [0, 0.1) is 0 Å². The number of rotatable bonds is 5. The standard InChI is InChI=1S/C14H29N3O/c1-4-17(9-13-6-5-7-18-13)14(10-15)8-12(2)16(3)11-14/h12-13H,4-11,15H2,1-3H3. The molecule has 2 fully saturated rings. The third-order valence-corrected chi connectivity index (χ3v) is 4.85. The summed E-state index contributed by atoms with van der Waals surface area (Å²) in [6, 6.07) is 0.632. The van der Waals surface area contributed by atoms with Crippen LogP contribution in [0.4, 0.5) is 0 Å². The van der Waals surface area contributed by atoms with Crippen molar-refractivity contribution < 1.29 is 4.74 Å². The average Bonchev–Trinajstić information content (AvgIpc) is 2.96. The predicted molar refractivity (Wildman–Crippen MR) is 74.7 cm³/mol. The van der Waals surface area contributed by atoms with E-state index in [0.29, 0.717) is 12.1 Å². The van der Waals surface area contributed by atoms with Crippen LogP contribution in [0.1, 0.15) is 33.1 Å². The molecule has 0 aromatic rings. The Morgan fingerprint density at radius 2 is 2.28 bits per heavy atom. The first-order valence-corrected chi connectivity index (χ1v) is 7.38. The Labute approximate surface area is 111 Å². The lowest BCUT2D eigenvalue weighted by atomic mass is 9.93. The highest BCUT2D eigenvalue weighted by Gasteiger charge is 2.44. The molecule has 4 nitrogen and oxygen atoms in total. The number of nitrogens with zero attached hydrogens (tertiary/aromatic N) is 2. The number of likely N-dealkylation sites (N-methyl/N-ethyl adjacent to an activating group) is 2. The van der Waals surface area contributed by atoms with Gasteiger partial charge in [0.25, 0.3) is 0 Å². The Balaban J connectivity index is 2.03. The lowest BCUT2D eigenvalue weighted by Crippen LogP contribution is -2.57. The molecule has 2 aliphatic rings. The van der Waals surface area contributed by atoms with Crippen LogP contribution in [-0.2, 0) is 4.74 Å². The van der Waals surface area contributed by atoms with Crippen molar-refractivity contribution in [2.75, 3.05) is 39.8 Å². The zero-order valence-electron chi connectivity index (χ0n) is 12.2. The molecule has 0 radical (unpaired) electrons. The van der Waals surface area contributed by atoms with Gasteiger partial charge in [-0.25, -0.2) is 0 Å². The maximum Gasteiger partial charge on any atom is 0.0703 e. The van der Waals surface area contributed by atoms with Gasteiger partial charge >= 0.3 is 0 Å².